The van der Waals surface area contributed by atoms with Gasteiger partial charge in [-0.2, -0.15) is 0 Å². The Balaban J connectivity index is 0. The third kappa shape index (κ3) is 10.0. The van der Waals surface area contributed by atoms with Gasteiger partial charge in [0.05, 0.1) is 0 Å². The fourth-order valence-corrected chi connectivity index (χ4v) is 1.42. The Morgan fingerprint density at radius 2 is 1.83 bits per heavy atom. The van der Waals surface area contributed by atoms with Crippen LogP contribution in [0.4, 0.5) is 0 Å². The molecule has 2 nitrogen and oxygen atoms in total. The normalized spacial score (nSPS) is 13.3. The molecule has 0 radical (unpaired) electrons. The molecule has 0 aliphatic heterocycles. The van der Waals surface area contributed by atoms with E-state index >= 15 is 0 Å². The summed E-state index contributed by atoms with van der Waals surface area (Å²) in [5.41, 5.74) is 0.245. The SMILES string of the molecule is CC(CC(=O)O)CC(C)(C)C.[Cr]. The van der Waals surface area contributed by atoms with Gasteiger partial charge in [0.15, 0.2) is 0 Å². The summed E-state index contributed by atoms with van der Waals surface area (Å²) in [6.45, 7) is 8.38. The Hall–Kier alpha value is 0.00247. The van der Waals surface area contributed by atoms with E-state index < -0.39 is 5.97 Å². The summed E-state index contributed by atoms with van der Waals surface area (Å²) < 4.78 is 0. The van der Waals surface area contributed by atoms with Crippen molar-refractivity contribution < 1.29 is 27.3 Å². The first-order valence-corrected chi connectivity index (χ1v) is 4.03. The second-order valence-corrected chi connectivity index (χ2v) is 4.47. The van der Waals surface area contributed by atoms with E-state index in [-0.39, 0.29) is 35.1 Å². The Labute approximate surface area is 85.5 Å². The Morgan fingerprint density at radius 1 is 1.42 bits per heavy atom. The number of hydrogen-bond acceptors (Lipinski definition) is 1. The standard InChI is InChI=1S/C9H18O2.Cr/c1-7(5-8(10)11)6-9(2,3)4;/h7H,5-6H2,1-4H3,(H,10,11);. The molecule has 0 rings (SSSR count). The molecule has 1 unspecified atom stereocenters. The number of hydrogen-bond donors (Lipinski definition) is 1. The molecule has 1 atom stereocenters. The quantitative estimate of drug-likeness (QED) is 0.777. The van der Waals surface area contributed by atoms with Gasteiger partial charge in [-0.05, 0) is 17.8 Å². The van der Waals surface area contributed by atoms with Gasteiger partial charge in [-0.25, -0.2) is 0 Å². The fraction of sp³-hybridized carbons (Fsp3) is 0.889. The first-order chi connectivity index (χ1) is 4.81. The van der Waals surface area contributed by atoms with E-state index in [1.807, 2.05) is 6.92 Å². The van der Waals surface area contributed by atoms with Crippen LogP contribution in [0.2, 0.25) is 0 Å². The minimum absolute atomic E-state index is 0. The number of carboxylic acids is 1. The Kier molecular flexibility index (Phi) is 6.79. The van der Waals surface area contributed by atoms with E-state index in [4.69, 9.17) is 5.11 Å². The summed E-state index contributed by atoms with van der Waals surface area (Å²) in [6, 6.07) is 0. The van der Waals surface area contributed by atoms with Gasteiger partial charge in [0.25, 0.3) is 0 Å². The molecule has 0 aromatic carbocycles. The van der Waals surface area contributed by atoms with Gasteiger partial charge in [0.1, 0.15) is 0 Å². The van der Waals surface area contributed by atoms with E-state index in [2.05, 4.69) is 20.8 Å². The van der Waals surface area contributed by atoms with Crippen LogP contribution in [0.5, 0.6) is 0 Å². The van der Waals surface area contributed by atoms with E-state index in [1.54, 1.807) is 0 Å². The van der Waals surface area contributed by atoms with Crippen molar-refractivity contribution in [3.8, 4) is 0 Å². The molecular formula is C9H18CrO2. The molecule has 0 amide bonds. The van der Waals surface area contributed by atoms with Crippen LogP contribution in [-0.4, -0.2) is 11.1 Å². The maximum Gasteiger partial charge on any atom is 0.303 e. The summed E-state index contributed by atoms with van der Waals surface area (Å²) in [6.07, 6.45) is 1.26. The van der Waals surface area contributed by atoms with Crippen molar-refractivity contribution in [2.45, 2.75) is 40.5 Å². The summed E-state index contributed by atoms with van der Waals surface area (Å²) in [4.78, 5) is 10.3. The minimum Gasteiger partial charge on any atom is -0.481 e. The molecule has 0 fully saturated rings. The van der Waals surface area contributed by atoms with Crippen molar-refractivity contribution in [2.75, 3.05) is 0 Å². The third-order valence-electron chi connectivity index (χ3n) is 1.48. The van der Waals surface area contributed by atoms with E-state index in [0.29, 0.717) is 0 Å². The summed E-state index contributed by atoms with van der Waals surface area (Å²) in [5.74, 6) is -0.408. The van der Waals surface area contributed by atoms with E-state index in [1.165, 1.54) is 0 Å². The molecule has 0 aliphatic rings. The van der Waals surface area contributed by atoms with Crippen molar-refractivity contribution in [1.29, 1.82) is 0 Å². The molecule has 1 N–H and O–H groups in total. The molecule has 0 heterocycles. The largest absolute Gasteiger partial charge is 0.481 e. The Morgan fingerprint density at radius 3 is 2.08 bits per heavy atom. The molecular weight excluding hydrogens is 192 g/mol. The summed E-state index contributed by atoms with van der Waals surface area (Å²) in [7, 11) is 0. The second-order valence-electron chi connectivity index (χ2n) is 4.47. The molecule has 12 heavy (non-hydrogen) atoms. The van der Waals surface area contributed by atoms with Gasteiger partial charge < -0.3 is 5.11 Å². The average Bonchev–Trinajstić information content (AvgIpc) is 1.53. The molecule has 3 heteroatoms. The maximum absolute atomic E-state index is 10.3. The zero-order valence-corrected chi connectivity index (χ0v) is 9.53. The molecule has 0 aromatic rings. The van der Waals surface area contributed by atoms with Gasteiger partial charge in [0, 0.05) is 23.8 Å². The molecule has 0 spiro atoms. The number of carbonyl (C=O) groups is 1. The van der Waals surface area contributed by atoms with Crippen LogP contribution >= 0.6 is 0 Å². The van der Waals surface area contributed by atoms with E-state index in [9.17, 15) is 4.79 Å². The number of aliphatic carboxylic acids is 1. The van der Waals surface area contributed by atoms with Gasteiger partial charge in [-0.1, -0.05) is 27.7 Å². The predicted molar refractivity (Wildman–Crippen MR) is 45.5 cm³/mol. The maximum atomic E-state index is 10.3. The smallest absolute Gasteiger partial charge is 0.303 e. The van der Waals surface area contributed by atoms with Crippen LogP contribution in [0, 0.1) is 11.3 Å². The molecule has 0 aromatic heterocycles. The Bertz CT molecular complexity index is 138. The van der Waals surface area contributed by atoms with Gasteiger partial charge in [0.2, 0.25) is 0 Å². The zero-order valence-electron chi connectivity index (χ0n) is 8.26. The van der Waals surface area contributed by atoms with Crippen molar-refractivity contribution >= 4 is 5.97 Å². The topological polar surface area (TPSA) is 37.3 Å². The summed E-state index contributed by atoms with van der Waals surface area (Å²) in [5, 5.41) is 8.48. The van der Waals surface area contributed by atoms with Crippen LogP contribution in [0.1, 0.15) is 40.5 Å². The first kappa shape index (κ1) is 14.5. The average molecular weight is 210 g/mol. The van der Waals surface area contributed by atoms with Crippen LogP contribution in [0.15, 0.2) is 0 Å². The molecule has 72 valence electrons. The van der Waals surface area contributed by atoms with Crippen LogP contribution in [0.25, 0.3) is 0 Å². The predicted octanol–water partition coefficient (Wildman–Crippen LogP) is 2.53. The van der Waals surface area contributed by atoms with E-state index in [0.717, 1.165) is 6.42 Å². The van der Waals surface area contributed by atoms with Gasteiger partial charge in [-0.15, -0.1) is 0 Å². The monoisotopic (exact) mass is 210 g/mol. The van der Waals surface area contributed by atoms with Gasteiger partial charge in [-0.3, -0.25) is 4.79 Å². The fourth-order valence-electron chi connectivity index (χ4n) is 1.42. The minimum atomic E-state index is -0.693. The van der Waals surface area contributed by atoms with Crippen LogP contribution < -0.4 is 0 Å². The first-order valence-electron chi connectivity index (χ1n) is 4.03. The van der Waals surface area contributed by atoms with Crippen LogP contribution in [-0.2, 0) is 22.2 Å². The number of rotatable bonds is 3. The molecule has 0 saturated heterocycles. The molecule has 0 saturated carbocycles. The van der Waals surface area contributed by atoms with Crippen molar-refractivity contribution in [3.63, 3.8) is 0 Å². The second kappa shape index (κ2) is 5.61. The van der Waals surface area contributed by atoms with Crippen LogP contribution in [0.3, 0.4) is 0 Å². The van der Waals surface area contributed by atoms with Crippen molar-refractivity contribution in [3.05, 3.63) is 0 Å². The summed E-state index contributed by atoms with van der Waals surface area (Å²) >= 11 is 0. The zero-order chi connectivity index (χ0) is 9.07. The van der Waals surface area contributed by atoms with Crippen molar-refractivity contribution in [1.82, 2.24) is 0 Å². The number of carboxylic acid groups (broad SMARTS) is 1. The molecule has 0 bridgehead atoms. The van der Waals surface area contributed by atoms with Crippen molar-refractivity contribution in [2.24, 2.45) is 11.3 Å². The third-order valence-corrected chi connectivity index (χ3v) is 1.48. The van der Waals surface area contributed by atoms with Gasteiger partial charge >= 0.3 is 5.97 Å². The molecule has 0 aliphatic carbocycles.